The molecule has 8 rings (SSSR count). The van der Waals surface area contributed by atoms with Crippen molar-refractivity contribution >= 4 is 33.5 Å². The Bertz CT molecular complexity index is 2550. The average Bonchev–Trinajstić information content (AvgIpc) is 3.38. The fraction of sp³-hybridized carbons (Fsp3) is 0.561. The van der Waals surface area contributed by atoms with Gasteiger partial charge in [-0.3, -0.25) is 34.5 Å². The zero-order valence-electron chi connectivity index (χ0n) is 44.9. The van der Waals surface area contributed by atoms with E-state index in [1.807, 2.05) is 43.6 Å². The molecule has 4 aliphatic rings. The summed E-state index contributed by atoms with van der Waals surface area (Å²) in [4.78, 5) is 47.8. The molecule has 4 saturated heterocycles. The number of piperidine rings is 3. The number of hydrogen-bond donors (Lipinski definition) is 1. The molecule has 0 saturated carbocycles. The number of benzene rings is 2. The van der Waals surface area contributed by atoms with Crippen molar-refractivity contribution in [3.05, 3.63) is 128 Å². The van der Waals surface area contributed by atoms with E-state index in [0.717, 1.165) is 139 Å². The Morgan fingerprint density at radius 3 is 1.92 bits per heavy atom. The van der Waals surface area contributed by atoms with Gasteiger partial charge in [0.2, 0.25) is 11.9 Å². The maximum Gasteiger partial charge on any atom is 0.416 e. The van der Waals surface area contributed by atoms with Gasteiger partial charge in [0.1, 0.15) is 12.2 Å². The Hall–Kier alpha value is -4.94. The first-order chi connectivity index (χ1) is 35.2. The second-order valence-electron chi connectivity index (χ2n) is 21.3. The summed E-state index contributed by atoms with van der Waals surface area (Å²) < 4.78 is 46.8. The van der Waals surface area contributed by atoms with Gasteiger partial charge in [-0.2, -0.15) is 13.2 Å². The van der Waals surface area contributed by atoms with Crippen molar-refractivity contribution in [1.82, 2.24) is 29.5 Å². The number of alkyl halides is 3. The van der Waals surface area contributed by atoms with E-state index in [1.54, 1.807) is 44.6 Å². The van der Waals surface area contributed by atoms with Gasteiger partial charge < -0.3 is 19.4 Å². The van der Waals surface area contributed by atoms with Gasteiger partial charge in [0, 0.05) is 104 Å². The molecule has 74 heavy (non-hydrogen) atoms. The summed E-state index contributed by atoms with van der Waals surface area (Å²) in [7, 11) is 1.63. The minimum absolute atomic E-state index is 0.0126. The van der Waals surface area contributed by atoms with Gasteiger partial charge in [-0.25, -0.2) is 0 Å². The summed E-state index contributed by atoms with van der Waals surface area (Å²) in [6, 6.07) is 17.5. The summed E-state index contributed by atoms with van der Waals surface area (Å²) in [5.74, 6) is 0.446. The molecule has 0 aliphatic carbocycles. The quantitative estimate of drug-likeness (QED) is 0.0641. The lowest BCUT2D eigenvalue weighted by Crippen LogP contribution is -2.62. The predicted octanol–water partition coefficient (Wildman–Crippen LogP) is 9.84. The van der Waals surface area contributed by atoms with Gasteiger partial charge in [-0.05, 0) is 153 Å². The number of ether oxygens (including phenoxy) is 1. The van der Waals surface area contributed by atoms with Crippen LogP contribution in [0.2, 0.25) is 0 Å². The molecule has 2 atom stereocenters. The molecule has 4 fully saturated rings. The summed E-state index contributed by atoms with van der Waals surface area (Å²) >= 11 is 3.52. The molecule has 0 spiro atoms. The highest BCUT2D eigenvalue weighted by Crippen LogP contribution is 2.37. The molecule has 1 N–H and O–H groups in total. The van der Waals surface area contributed by atoms with E-state index in [4.69, 9.17) is 9.57 Å². The second-order valence-corrected chi connectivity index (χ2v) is 22.2. The number of oxime groups is 1. The number of methoxy groups -OCH3 is 1. The van der Waals surface area contributed by atoms with E-state index in [-0.39, 0.29) is 35.0 Å². The number of nitrogens with zero attached hydrogens (tertiary/aromatic N) is 8. The Morgan fingerprint density at radius 1 is 0.811 bits per heavy atom. The van der Waals surface area contributed by atoms with E-state index in [0.29, 0.717) is 49.0 Å². The Labute approximate surface area is 444 Å². The molecule has 0 unspecified atom stereocenters. The Kier molecular flexibility index (Phi) is 18.7. The Morgan fingerprint density at radius 2 is 1.38 bits per heavy atom. The van der Waals surface area contributed by atoms with Gasteiger partial charge in [0.05, 0.1) is 35.2 Å². The lowest BCUT2D eigenvalue weighted by molar-refractivity contribution is -0.908. The number of hydrogen-bond acceptors (Lipinski definition) is 10. The SMILES string of the molecule is CCO/N=C(\c1ccc(Br)cc1)C1CCN(C2(C)CCN(C(=O)c3c(C)cc[n+](O)c3C)CC2)CC1.COC[C@@H](c1ccc(C(F)(F)F)cc1)N1CCN(C2(C)CCN(C(=O)c3c(C)ccnc3C)CC2)C[C@@H]1C. The molecule has 2 aromatic carbocycles. The van der Waals surface area contributed by atoms with E-state index in [2.05, 4.69) is 85.8 Å². The summed E-state index contributed by atoms with van der Waals surface area (Å²) in [5.41, 5.74) is 6.97. The zero-order valence-corrected chi connectivity index (χ0v) is 46.4. The fourth-order valence-corrected chi connectivity index (χ4v) is 11.9. The number of aryl methyl sites for hydroxylation is 3. The minimum atomic E-state index is -4.35. The molecule has 6 heterocycles. The molecule has 402 valence electrons. The van der Waals surface area contributed by atoms with Crippen molar-refractivity contribution < 1.29 is 42.3 Å². The topological polar surface area (TPSA) is 118 Å². The number of halogens is 4. The average molecular weight is 1090 g/mol. The molecular formula is C57H77BrF3N8O5+. The van der Waals surface area contributed by atoms with Gasteiger partial charge in [0.15, 0.2) is 0 Å². The normalized spacial score (nSPS) is 20.7. The van der Waals surface area contributed by atoms with Gasteiger partial charge in [-0.1, -0.05) is 45.4 Å². The summed E-state index contributed by atoms with van der Waals surface area (Å²) in [5, 5.41) is 14.6. The van der Waals surface area contributed by atoms with Crippen LogP contribution in [0.1, 0.15) is 132 Å². The molecule has 2 amide bonds. The number of aromatic nitrogens is 2. The van der Waals surface area contributed by atoms with Crippen molar-refractivity contribution in [3.63, 3.8) is 0 Å². The zero-order chi connectivity index (χ0) is 53.5. The van der Waals surface area contributed by atoms with E-state index < -0.39 is 11.7 Å². The molecular weight excluding hydrogens is 1010 g/mol. The van der Waals surface area contributed by atoms with Crippen molar-refractivity contribution in [1.29, 1.82) is 0 Å². The van der Waals surface area contributed by atoms with Crippen LogP contribution in [0.5, 0.6) is 0 Å². The van der Waals surface area contributed by atoms with E-state index in [9.17, 15) is 28.0 Å². The predicted molar refractivity (Wildman–Crippen MR) is 284 cm³/mol. The lowest BCUT2D eigenvalue weighted by Gasteiger charge is -2.52. The molecule has 4 aromatic rings. The minimum Gasteiger partial charge on any atom is -0.396 e. The maximum atomic E-state index is 13.3. The van der Waals surface area contributed by atoms with Crippen molar-refractivity contribution in [2.75, 3.05) is 79.2 Å². The highest BCUT2D eigenvalue weighted by Gasteiger charge is 2.43. The number of rotatable bonds is 12. The van der Waals surface area contributed by atoms with Crippen LogP contribution < -0.4 is 4.73 Å². The maximum absolute atomic E-state index is 13.3. The standard InChI is InChI=1S/C29H39F3N4O2.C28H38BrN4O3/c1-20-10-13-33-22(3)26(20)27(37)34-14-11-28(4,12-15-34)35-16-17-36(21(2)18-35)25(19-38-5)23-6-8-24(9-7-23)29(30,31)32;1-5-36-30-26(22-6-8-24(29)9-7-22)23-11-15-32(16-12-23)28(4)13-18-31(19-14-28)27(34)25-20(2)10-17-33(35)21(25)3/h6-10,13,21,25H,11-12,14-19H2,1-5H3;6-10,17,23,35H,5,11-16,18-19H2,1-4H3/q;+1/b;30-26+/t21-,25-;/m0./s1. The van der Waals surface area contributed by atoms with E-state index >= 15 is 0 Å². The molecule has 2 aromatic heterocycles. The summed E-state index contributed by atoms with van der Waals surface area (Å²) in [6.45, 7) is 24.7. The van der Waals surface area contributed by atoms with Crippen LogP contribution in [0.15, 0.2) is 82.7 Å². The highest BCUT2D eigenvalue weighted by molar-refractivity contribution is 9.10. The van der Waals surface area contributed by atoms with Crippen LogP contribution >= 0.6 is 15.9 Å². The smallest absolute Gasteiger partial charge is 0.396 e. The third-order valence-electron chi connectivity index (χ3n) is 16.5. The number of piperazine rings is 1. The monoisotopic (exact) mass is 1090 g/mol. The van der Waals surface area contributed by atoms with Crippen molar-refractivity contribution in [2.24, 2.45) is 11.1 Å². The molecule has 0 radical (unpaired) electrons. The third-order valence-corrected chi connectivity index (χ3v) is 17.0. The van der Waals surface area contributed by atoms with Crippen molar-refractivity contribution in [3.8, 4) is 0 Å². The third kappa shape index (κ3) is 13.0. The molecule has 13 nitrogen and oxygen atoms in total. The molecule has 4 aliphatic heterocycles. The van der Waals surface area contributed by atoms with Gasteiger partial charge >= 0.3 is 6.18 Å². The lowest BCUT2D eigenvalue weighted by atomic mass is 9.82. The van der Waals surface area contributed by atoms with Crippen LogP contribution in [0.4, 0.5) is 13.2 Å². The number of likely N-dealkylation sites (tertiary alicyclic amines) is 3. The summed E-state index contributed by atoms with van der Waals surface area (Å²) in [6.07, 6.45) is 4.73. The van der Waals surface area contributed by atoms with E-state index in [1.165, 1.54) is 0 Å². The van der Waals surface area contributed by atoms with Gasteiger partial charge in [0.25, 0.3) is 11.8 Å². The molecule has 0 bridgehead atoms. The van der Waals surface area contributed by atoms with Gasteiger partial charge in [-0.15, -0.1) is 0 Å². The molecule has 17 heteroatoms. The highest BCUT2D eigenvalue weighted by atomic mass is 79.9. The van der Waals surface area contributed by atoms with Crippen LogP contribution in [-0.2, 0) is 15.8 Å². The number of amides is 2. The number of carbonyl (C=O) groups excluding carboxylic acids is 2. The first kappa shape index (κ1) is 56.8. The van der Waals surface area contributed by atoms with Crippen LogP contribution in [0, 0.1) is 33.6 Å². The second kappa shape index (κ2) is 24.4. The van der Waals surface area contributed by atoms with Crippen molar-refractivity contribution in [2.45, 2.75) is 123 Å². The van der Waals surface area contributed by atoms with Crippen LogP contribution in [-0.4, -0.2) is 149 Å². The number of pyridine rings is 2. The first-order valence-electron chi connectivity index (χ1n) is 26.3. The number of carbonyl (C=O) groups is 2. The Balaban J connectivity index is 0.000000217. The first-order valence-corrected chi connectivity index (χ1v) is 27.1. The van der Waals surface area contributed by atoms with Crippen LogP contribution in [0.3, 0.4) is 0 Å². The largest absolute Gasteiger partial charge is 0.416 e. The fourth-order valence-electron chi connectivity index (χ4n) is 11.6. The van der Waals surface area contributed by atoms with Crippen LogP contribution in [0.25, 0.3) is 0 Å².